The number of ether oxygens (including phenoxy) is 1. The molecule has 0 spiro atoms. The van der Waals surface area contributed by atoms with Crippen LogP contribution in [0.2, 0.25) is 0 Å². The lowest BCUT2D eigenvalue weighted by Crippen LogP contribution is -2.13. The number of aromatic amines is 1. The summed E-state index contributed by atoms with van der Waals surface area (Å²) in [6, 6.07) is 10.4. The molecule has 0 atom stereocenters. The van der Waals surface area contributed by atoms with E-state index in [-0.39, 0.29) is 5.91 Å². The zero-order valence-electron chi connectivity index (χ0n) is 11.6. The molecule has 0 radical (unpaired) electrons. The van der Waals surface area contributed by atoms with E-state index in [4.69, 9.17) is 4.74 Å². The molecular formula is C14H12N6O2. The number of carbonyl (C=O) groups is 1. The van der Waals surface area contributed by atoms with Crippen LogP contribution in [0.25, 0.3) is 11.4 Å². The van der Waals surface area contributed by atoms with Gasteiger partial charge in [-0.2, -0.15) is 5.21 Å². The van der Waals surface area contributed by atoms with E-state index < -0.39 is 0 Å². The second kappa shape index (κ2) is 6.00. The van der Waals surface area contributed by atoms with E-state index in [1.807, 2.05) is 6.07 Å². The highest BCUT2D eigenvalue weighted by Gasteiger charge is 2.09. The fourth-order valence-corrected chi connectivity index (χ4v) is 1.85. The number of hydrogen-bond acceptors (Lipinski definition) is 6. The van der Waals surface area contributed by atoms with Crippen molar-refractivity contribution in [2.45, 2.75) is 0 Å². The van der Waals surface area contributed by atoms with Crippen LogP contribution >= 0.6 is 0 Å². The van der Waals surface area contributed by atoms with Crippen LogP contribution in [0.1, 0.15) is 10.5 Å². The Labute approximate surface area is 125 Å². The quantitative estimate of drug-likeness (QED) is 0.756. The van der Waals surface area contributed by atoms with Gasteiger partial charge in [0.05, 0.1) is 13.3 Å². The summed E-state index contributed by atoms with van der Waals surface area (Å²) in [5.41, 5.74) is 1.66. The van der Waals surface area contributed by atoms with Crippen LogP contribution < -0.4 is 10.1 Å². The summed E-state index contributed by atoms with van der Waals surface area (Å²) >= 11 is 0. The first-order valence-electron chi connectivity index (χ1n) is 6.41. The lowest BCUT2D eigenvalue weighted by atomic mass is 10.2. The second-order valence-electron chi connectivity index (χ2n) is 4.35. The molecule has 1 aromatic carbocycles. The maximum absolute atomic E-state index is 12.1. The number of hydrogen-bond donors (Lipinski definition) is 2. The van der Waals surface area contributed by atoms with Crippen molar-refractivity contribution in [3.63, 3.8) is 0 Å². The number of anilines is 1. The van der Waals surface area contributed by atoms with E-state index >= 15 is 0 Å². The molecule has 3 aromatic rings. The van der Waals surface area contributed by atoms with Gasteiger partial charge in [0, 0.05) is 11.3 Å². The molecule has 110 valence electrons. The van der Waals surface area contributed by atoms with Crippen LogP contribution in [0.15, 0.2) is 42.6 Å². The molecule has 0 aliphatic carbocycles. The third kappa shape index (κ3) is 2.90. The number of pyridine rings is 1. The molecule has 0 aliphatic rings. The van der Waals surface area contributed by atoms with Crippen molar-refractivity contribution in [2.75, 3.05) is 12.4 Å². The van der Waals surface area contributed by atoms with E-state index in [2.05, 4.69) is 30.9 Å². The van der Waals surface area contributed by atoms with Gasteiger partial charge in [-0.15, -0.1) is 10.2 Å². The maximum Gasteiger partial charge on any atom is 0.274 e. The van der Waals surface area contributed by atoms with Gasteiger partial charge in [0.1, 0.15) is 11.4 Å². The molecule has 8 nitrogen and oxygen atoms in total. The summed E-state index contributed by atoms with van der Waals surface area (Å²) < 4.78 is 5.01. The maximum atomic E-state index is 12.1. The Kier molecular flexibility index (Phi) is 3.73. The third-order valence-electron chi connectivity index (χ3n) is 2.93. The number of nitrogens with zero attached hydrogens (tertiary/aromatic N) is 4. The van der Waals surface area contributed by atoms with Crippen LogP contribution in [-0.2, 0) is 0 Å². The Morgan fingerprint density at radius 3 is 2.86 bits per heavy atom. The highest BCUT2D eigenvalue weighted by Crippen LogP contribution is 2.19. The predicted octanol–water partition coefficient (Wildman–Crippen LogP) is 1.52. The van der Waals surface area contributed by atoms with Crippen LogP contribution in [0.5, 0.6) is 5.75 Å². The largest absolute Gasteiger partial charge is 0.495 e. The minimum atomic E-state index is -0.312. The number of benzene rings is 1. The van der Waals surface area contributed by atoms with E-state index in [0.29, 0.717) is 23.0 Å². The van der Waals surface area contributed by atoms with Crippen molar-refractivity contribution < 1.29 is 9.53 Å². The Hall–Kier alpha value is -3.29. The molecule has 1 amide bonds. The molecular weight excluding hydrogens is 284 g/mol. The molecule has 2 heterocycles. The fraction of sp³-hybridized carbons (Fsp3) is 0.0714. The highest BCUT2D eigenvalue weighted by molar-refractivity contribution is 6.03. The first kappa shape index (κ1) is 13.7. The van der Waals surface area contributed by atoms with Crippen LogP contribution in [0.4, 0.5) is 5.69 Å². The van der Waals surface area contributed by atoms with Crippen LogP contribution in [0, 0.1) is 0 Å². The Bertz CT molecular complexity index is 770. The summed E-state index contributed by atoms with van der Waals surface area (Å²) in [5, 5.41) is 16.5. The Balaban J connectivity index is 1.77. The predicted molar refractivity (Wildman–Crippen MR) is 78.4 cm³/mol. The average Bonchev–Trinajstić information content (AvgIpc) is 3.10. The number of nitrogens with one attached hydrogen (secondary N) is 2. The minimum absolute atomic E-state index is 0.297. The third-order valence-corrected chi connectivity index (χ3v) is 2.93. The van der Waals surface area contributed by atoms with Gasteiger partial charge in [-0.3, -0.25) is 4.79 Å². The topological polar surface area (TPSA) is 106 Å². The molecule has 2 aromatic heterocycles. The van der Waals surface area contributed by atoms with Crippen molar-refractivity contribution in [2.24, 2.45) is 0 Å². The number of aromatic nitrogens is 5. The number of tetrazole rings is 1. The number of H-pyrrole nitrogens is 1. The Morgan fingerprint density at radius 1 is 1.27 bits per heavy atom. The average molecular weight is 296 g/mol. The molecule has 22 heavy (non-hydrogen) atoms. The molecule has 3 rings (SSSR count). The SMILES string of the molecule is COc1ccc(C(=O)Nc2cccc(-c3nn[nH]n3)c2)nc1. The van der Waals surface area contributed by atoms with Crippen LogP contribution in [0.3, 0.4) is 0 Å². The summed E-state index contributed by atoms with van der Waals surface area (Å²) in [6.07, 6.45) is 1.49. The zero-order valence-corrected chi connectivity index (χ0v) is 11.6. The molecule has 0 saturated heterocycles. The van der Waals surface area contributed by atoms with E-state index in [9.17, 15) is 4.79 Å². The van der Waals surface area contributed by atoms with Crippen molar-refractivity contribution in [1.29, 1.82) is 0 Å². The molecule has 2 N–H and O–H groups in total. The van der Waals surface area contributed by atoms with Crippen molar-refractivity contribution in [3.05, 3.63) is 48.3 Å². The van der Waals surface area contributed by atoms with E-state index in [1.54, 1.807) is 37.4 Å². The summed E-state index contributed by atoms with van der Waals surface area (Å²) in [7, 11) is 1.54. The monoisotopic (exact) mass is 296 g/mol. The van der Waals surface area contributed by atoms with Crippen LogP contribution in [-0.4, -0.2) is 38.6 Å². The second-order valence-corrected chi connectivity index (χ2v) is 4.35. The van der Waals surface area contributed by atoms with E-state index in [1.165, 1.54) is 6.20 Å². The van der Waals surface area contributed by atoms with Gasteiger partial charge in [0.15, 0.2) is 0 Å². The number of amides is 1. The van der Waals surface area contributed by atoms with Crippen molar-refractivity contribution in [3.8, 4) is 17.1 Å². The lowest BCUT2D eigenvalue weighted by Gasteiger charge is -2.06. The molecule has 0 fully saturated rings. The van der Waals surface area contributed by atoms with E-state index in [0.717, 1.165) is 5.56 Å². The van der Waals surface area contributed by atoms with Gasteiger partial charge >= 0.3 is 0 Å². The molecule has 0 aliphatic heterocycles. The number of rotatable bonds is 4. The van der Waals surface area contributed by atoms with Gasteiger partial charge in [0.2, 0.25) is 5.82 Å². The van der Waals surface area contributed by atoms with Gasteiger partial charge in [-0.05, 0) is 29.5 Å². The fourth-order valence-electron chi connectivity index (χ4n) is 1.85. The Morgan fingerprint density at radius 2 is 2.18 bits per heavy atom. The highest BCUT2D eigenvalue weighted by atomic mass is 16.5. The lowest BCUT2D eigenvalue weighted by molar-refractivity contribution is 0.102. The van der Waals surface area contributed by atoms with Gasteiger partial charge < -0.3 is 10.1 Å². The zero-order chi connectivity index (χ0) is 15.4. The molecule has 8 heteroatoms. The van der Waals surface area contributed by atoms with Gasteiger partial charge in [-0.1, -0.05) is 12.1 Å². The van der Waals surface area contributed by atoms with Crippen molar-refractivity contribution in [1.82, 2.24) is 25.6 Å². The minimum Gasteiger partial charge on any atom is -0.495 e. The number of methoxy groups -OCH3 is 1. The smallest absolute Gasteiger partial charge is 0.274 e. The van der Waals surface area contributed by atoms with Gasteiger partial charge in [0.25, 0.3) is 5.91 Å². The standard InChI is InChI=1S/C14H12N6O2/c1-22-11-5-6-12(15-8-11)14(21)16-10-4-2-3-9(7-10)13-17-19-20-18-13/h2-8H,1H3,(H,16,21)(H,17,18,19,20). The molecule has 0 bridgehead atoms. The molecule has 0 saturated carbocycles. The summed E-state index contributed by atoms with van der Waals surface area (Å²) in [4.78, 5) is 16.2. The van der Waals surface area contributed by atoms with Gasteiger partial charge in [-0.25, -0.2) is 4.98 Å². The van der Waals surface area contributed by atoms with Crippen molar-refractivity contribution >= 4 is 11.6 Å². The number of carbonyl (C=O) groups excluding carboxylic acids is 1. The molecule has 0 unspecified atom stereocenters. The summed E-state index contributed by atoms with van der Waals surface area (Å²) in [6.45, 7) is 0. The first-order valence-corrected chi connectivity index (χ1v) is 6.41. The normalized spacial score (nSPS) is 10.2. The first-order chi connectivity index (χ1) is 10.8. The summed E-state index contributed by atoms with van der Waals surface area (Å²) in [5.74, 6) is 0.738.